The molecule has 0 spiro atoms. The highest BCUT2D eigenvalue weighted by Crippen LogP contribution is 2.57. The Labute approximate surface area is 107 Å². The summed E-state index contributed by atoms with van der Waals surface area (Å²) in [4.78, 5) is 0. The van der Waals surface area contributed by atoms with E-state index in [2.05, 4.69) is 36.6 Å². The third-order valence-corrected chi connectivity index (χ3v) is 4.81. The smallest absolute Gasteiger partial charge is 0.134 e. The van der Waals surface area contributed by atoms with Crippen LogP contribution in [-0.2, 0) is 0 Å². The van der Waals surface area contributed by atoms with Crippen molar-refractivity contribution in [3.8, 4) is 0 Å². The van der Waals surface area contributed by atoms with Gasteiger partial charge in [0.15, 0.2) is 0 Å². The van der Waals surface area contributed by atoms with Gasteiger partial charge in [-0.05, 0) is 56.2 Å². The molecule has 2 nitrogen and oxygen atoms in total. The summed E-state index contributed by atoms with van der Waals surface area (Å²) in [5.74, 6) is 3.93. The number of rotatable bonds is 3. The Morgan fingerprint density at radius 1 is 1.17 bits per heavy atom. The number of nitrogens with one attached hydrogen (secondary N) is 1. The molecule has 4 rings (SSSR count). The third-order valence-electron chi connectivity index (χ3n) is 4.81. The first-order chi connectivity index (χ1) is 8.85. The van der Waals surface area contributed by atoms with E-state index in [0.717, 1.165) is 29.1 Å². The van der Waals surface area contributed by atoms with E-state index in [9.17, 15) is 0 Å². The first-order valence-corrected chi connectivity index (χ1v) is 7.01. The standard InChI is InChI=1S/C16H19NO/c1-17-16(13-7-11-6-12(11)8-13)15-9-10-4-2-3-5-14(10)18-15/h2-5,9,11-13,16-17H,6-8H2,1H3. The molecule has 2 aliphatic rings. The fourth-order valence-electron chi connectivity index (χ4n) is 3.80. The van der Waals surface area contributed by atoms with E-state index in [1.54, 1.807) is 0 Å². The second-order valence-electron chi connectivity index (χ2n) is 5.94. The molecule has 2 aliphatic carbocycles. The van der Waals surface area contributed by atoms with Crippen LogP contribution in [0.3, 0.4) is 0 Å². The number of para-hydroxylation sites is 1. The molecule has 0 saturated heterocycles. The average Bonchev–Trinajstić information content (AvgIpc) is 2.84. The van der Waals surface area contributed by atoms with Crippen molar-refractivity contribution in [2.45, 2.75) is 25.3 Å². The summed E-state index contributed by atoms with van der Waals surface area (Å²) in [6, 6.07) is 10.9. The molecule has 94 valence electrons. The van der Waals surface area contributed by atoms with E-state index in [4.69, 9.17) is 4.42 Å². The van der Waals surface area contributed by atoms with Crippen LogP contribution in [0.2, 0.25) is 0 Å². The Hall–Kier alpha value is -1.28. The van der Waals surface area contributed by atoms with Crippen LogP contribution in [0.1, 0.15) is 31.1 Å². The Morgan fingerprint density at radius 2 is 1.94 bits per heavy atom. The van der Waals surface area contributed by atoms with Crippen LogP contribution in [0.4, 0.5) is 0 Å². The van der Waals surface area contributed by atoms with Crippen molar-refractivity contribution in [1.82, 2.24) is 5.32 Å². The van der Waals surface area contributed by atoms with Crippen LogP contribution in [0.5, 0.6) is 0 Å². The molecule has 2 aromatic rings. The van der Waals surface area contributed by atoms with Crippen molar-refractivity contribution >= 4 is 11.0 Å². The summed E-state index contributed by atoms with van der Waals surface area (Å²) in [7, 11) is 2.06. The normalized spacial score (nSPS) is 31.5. The summed E-state index contributed by atoms with van der Waals surface area (Å²) in [6.07, 6.45) is 4.24. The van der Waals surface area contributed by atoms with E-state index in [1.165, 1.54) is 24.6 Å². The van der Waals surface area contributed by atoms with Gasteiger partial charge < -0.3 is 9.73 Å². The summed E-state index contributed by atoms with van der Waals surface area (Å²) in [5, 5.41) is 4.69. The maximum atomic E-state index is 6.02. The monoisotopic (exact) mass is 241 g/mol. The Bertz CT molecular complexity index is 530. The number of fused-ring (bicyclic) bond motifs is 2. The van der Waals surface area contributed by atoms with Crippen LogP contribution >= 0.6 is 0 Å². The number of hydrogen-bond acceptors (Lipinski definition) is 2. The minimum Gasteiger partial charge on any atom is -0.459 e. The Morgan fingerprint density at radius 3 is 2.67 bits per heavy atom. The predicted molar refractivity (Wildman–Crippen MR) is 72.3 cm³/mol. The molecule has 1 N–H and O–H groups in total. The van der Waals surface area contributed by atoms with E-state index in [1.807, 2.05) is 6.07 Å². The lowest BCUT2D eigenvalue weighted by Gasteiger charge is -2.22. The minimum absolute atomic E-state index is 0.394. The maximum absolute atomic E-state index is 6.02. The average molecular weight is 241 g/mol. The van der Waals surface area contributed by atoms with Gasteiger partial charge in [0, 0.05) is 5.39 Å². The molecule has 2 fully saturated rings. The molecule has 18 heavy (non-hydrogen) atoms. The molecule has 0 bridgehead atoms. The first-order valence-electron chi connectivity index (χ1n) is 7.01. The molecule has 1 aromatic heterocycles. The van der Waals surface area contributed by atoms with Gasteiger partial charge in [0.2, 0.25) is 0 Å². The van der Waals surface area contributed by atoms with Crippen LogP contribution in [0.15, 0.2) is 34.7 Å². The summed E-state index contributed by atoms with van der Waals surface area (Å²) >= 11 is 0. The molecule has 1 aromatic carbocycles. The van der Waals surface area contributed by atoms with Crippen LogP contribution < -0.4 is 5.32 Å². The maximum Gasteiger partial charge on any atom is 0.134 e. The molecule has 0 radical (unpaired) electrons. The lowest BCUT2D eigenvalue weighted by Crippen LogP contribution is -2.24. The van der Waals surface area contributed by atoms with E-state index < -0.39 is 0 Å². The van der Waals surface area contributed by atoms with E-state index in [0.29, 0.717) is 6.04 Å². The third kappa shape index (κ3) is 1.59. The van der Waals surface area contributed by atoms with Gasteiger partial charge in [-0.2, -0.15) is 0 Å². The van der Waals surface area contributed by atoms with Crippen molar-refractivity contribution in [3.05, 3.63) is 36.1 Å². The van der Waals surface area contributed by atoms with Crippen molar-refractivity contribution in [2.75, 3.05) is 7.05 Å². The van der Waals surface area contributed by atoms with Crippen LogP contribution in [0.25, 0.3) is 11.0 Å². The lowest BCUT2D eigenvalue weighted by atomic mass is 9.92. The molecule has 3 atom stereocenters. The molecule has 1 heterocycles. The highest BCUT2D eigenvalue weighted by molar-refractivity contribution is 5.77. The van der Waals surface area contributed by atoms with Gasteiger partial charge in [-0.1, -0.05) is 18.2 Å². The number of furan rings is 1. The molecule has 2 heteroatoms. The van der Waals surface area contributed by atoms with Crippen molar-refractivity contribution < 1.29 is 4.42 Å². The summed E-state index contributed by atoms with van der Waals surface area (Å²) < 4.78 is 6.02. The highest BCUT2D eigenvalue weighted by Gasteiger charge is 2.48. The van der Waals surface area contributed by atoms with E-state index >= 15 is 0 Å². The van der Waals surface area contributed by atoms with Crippen molar-refractivity contribution in [3.63, 3.8) is 0 Å². The van der Waals surface area contributed by atoms with Crippen LogP contribution in [-0.4, -0.2) is 7.05 Å². The second kappa shape index (κ2) is 3.86. The zero-order valence-corrected chi connectivity index (χ0v) is 10.7. The second-order valence-corrected chi connectivity index (χ2v) is 5.94. The van der Waals surface area contributed by atoms with Crippen molar-refractivity contribution in [2.24, 2.45) is 17.8 Å². The van der Waals surface area contributed by atoms with Crippen molar-refractivity contribution in [1.29, 1.82) is 0 Å². The zero-order valence-electron chi connectivity index (χ0n) is 10.7. The van der Waals surface area contributed by atoms with Gasteiger partial charge in [-0.15, -0.1) is 0 Å². The summed E-state index contributed by atoms with van der Waals surface area (Å²) in [6.45, 7) is 0. The quantitative estimate of drug-likeness (QED) is 0.885. The Balaban J connectivity index is 1.66. The van der Waals surface area contributed by atoms with Gasteiger partial charge in [-0.25, -0.2) is 0 Å². The molecule has 2 saturated carbocycles. The van der Waals surface area contributed by atoms with Gasteiger partial charge in [0.05, 0.1) is 6.04 Å². The largest absolute Gasteiger partial charge is 0.459 e. The SMILES string of the molecule is CNC(c1cc2ccccc2o1)C1CC2CC2C1. The topological polar surface area (TPSA) is 25.2 Å². The first kappa shape index (κ1) is 10.6. The van der Waals surface area contributed by atoms with Crippen LogP contribution in [0, 0.1) is 17.8 Å². The summed E-state index contributed by atoms with van der Waals surface area (Å²) in [5.41, 5.74) is 1.01. The molecular formula is C16H19NO. The number of benzene rings is 1. The van der Waals surface area contributed by atoms with Gasteiger partial charge in [0.1, 0.15) is 11.3 Å². The molecule has 0 aliphatic heterocycles. The predicted octanol–water partition coefficient (Wildman–Crippen LogP) is 3.74. The fourth-order valence-corrected chi connectivity index (χ4v) is 3.80. The zero-order chi connectivity index (χ0) is 12.1. The highest BCUT2D eigenvalue weighted by atomic mass is 16.3. The molecular weight excluding hydrogens is 222 g/mol. The van der Waals surface area contributed by atoms with Gasteiger partial charge in [-0.3, -0.25) is 0 Å². The minimum atomic E-state index is 0.394. The van der Waals surface area contributed by atoms with E-state index in [-0.39, 0.29) is 0 Å². The van der Waals surface area contributed by atoms with Gasteiger partial charge >= 0.3 is 0 Å². The molecule has 3 unspecified atom stereocenters. The molecule has 0 amide bonds. The fraction of sp³-hybridized carbons (Fsp3) is 0.500. The lowest BCUT2D eigenvalue weighted by molar-refractivity contribution is 0.316. The number of hydrogen-bond donors (Lipinski definition) is 1. The Kier molecular flexibility index (Phi) is 2.28. The van der Waals surface area contributed by atoms with Gasteiger partial charge in [0.25, 0.3) is 0 Å².